The van der Waals surface area contributed by atoms with Crippen LogP contribution in [0.3, 0.4) is 0 Å². The molecular weight excluding hydrogens is 290 g/mol. The largest absolute Gasteiger partial charge is 0.481 e. The minimum Gasteiger partial charge on any atom is -0.481 e. The summed E-state index contributed by atoms with van der Waals surface area (Å²) in [4.78, 5) is 22.1. The normalized spacial score (nSPS) is 13.6. The molecule has 0 fully saturated rings. The van der Waals surface area contributed by atoms with Gasteiger partial charge in [0.1, 0.15) is 5.75 Å². The van der Waals surface area contributed by atoms with Gasteiger partial charge in [-0.15, -0.1) is 0 Å². The van der Waals surface area contributed by atoms with Crippen LogP contribution in [0.25, 0.3) is 0 Å². The summed E-state index contributed by atoms with van der Waals surface area (Å²) in [6.07, 6.45) is -0.225. The fourth-order valence-electron chi connectivity index (χ4n) is 1.37. The molecule has 0 spiro atoms. The Labute approximate surface area is 118 Å². The van der Waals surface area contributed by atoms with Crippen LogP contribution in [0.2, 0.25) is 5.02 Å². The molecule has 5 nitrogen and oxygen atoms in total. The molecule has 7 heteroatoms. The van der Waals surface area contributed by atoms with E-state index in [1.807, 2.05) is 0 Å². The number of benzene rings is 1. The Hall–Kier alpha value is -1.40. The molecule has 0 saturated carbocycles. The van der Waals surface area contributed by atoms with E-state index in [0.717, 1.165) is 0 Å². The van der Waals surface area contributed by atoms with Crippen LogP contribution < -0.4 is 5.32 Å². The van der Waals surface area contributed by atoms with Gasteiger partial charge >= 0.3 is 5.97 Å². The Kier molecular flexibility index (Phi) is 5.98. The number of hydrogen-bond donors (Lipinski definition) is 2. The Morgan fingerprint density at radius 3 is 2.74 bits per heavy atom. The second kappa shape index (κ2) is 7.25. The maximum absolute atomic E-state index is 11.7. The number of hydrogen-bond acceptors (Lipinski definition) is 3. The van der Waals surface area contributed by atoms with Crippen LogP contribution in [0.5, 0.6) is 0 Å². The molecule has 1 amide bonds. The van der Waals surface area contributed by atoms with Crippen molar-refractivity contribution in [3.8, 4) is 0 Å². The van der Waals surface area contributed by atoms with E-state index in [1.165, 1.54) is 6.92 Å². The monoisotopic (exact) mass is 303 g/mol. The smallest absolute Gasteiger partial charge is 0.304 e. The Bertz CT molecular complexity index is 506. The lowest BCUT2D eigenvalue weighted by atomic mass is 10.3. The number of amides is 1. The van der Waals surface area contributed by atoms with E-state index in [-0.39, 0.29) is 12.2 Å². The van der Waals surface area contributed by atoms with Crippen molar-refractivity contribution >= 4 is 40.0 Å². The predicted molar refractivity (Wildman–Crippen MR) is 74.8 cm³/mol. The lowest BCUT2D eigenvalue weighted by Gasteiger charge is -2.09. The van der Waals surface area contributed by atoms with Crippen LogP contribution >= 0.6 is 11.6 Å². The van der Waals surface area contributed by atoms with Crippen LogP contribution in [-0.2, 0) is 20.4 Å². The number of halogens is 1. The molecule has 0 aliphatic rings. The van der Waals surface area contributed by atoms with Gasteiger partial charge in [-0.2, -0.15) is 0 Å². The summed E-state index contributed by atoms with van der Waals surface area (Å²) < 4.78 is 11.7. The molecule has 1 aromatic rings. The van der Waals surface area contributed by atoms with Gasteiger partial charge in [0, 0.05) is 26.8 Å². The zero-order chi connectivity index (χ0) is 14.4. The number of anilines is 1. The highest BCUT2D eigenvalue weighted by Crippen LogP contribution is 2.15. The van der Waals surface area contributed by atoms with Crippen molar-refractivity contribution in [1.82, 2.24) is 0 Å². The molecule has 104 valence electrons. The highest BCUT2D eigenvalue weighted by atomic mass is 35.5. The van der Waals surface area contributed by atoms with Crippen molar-refractivity contribution in [2.75, 3.05) is 11.1 Å². The molecule has 0 heterocycles. The van der Waals surface area contributed by atoms with E-state index in [9.17, 15) is 13.8 Å². The second-order valence-corrected chi connectivity index (χ2v) is 6.28. The first-order valence-corrected chi connectivity index (χ1v) is 7.29. The summed E-state index contributed by atoms with van der Waals surface area (Å²) >= 11 is 5.77. The summed E-state index contributed by atoms with van der Waals surface area (Å²) in [6.45, 7) is 1.54. The zero-order valence-electron chi connectivity index (χ0n) is 10.3. The third-order valence-electron chi connectivity index (χ3n) is 2.29. The number of carboxylic acid groups (broad SMARTS) is 1. The second-order valence-electron chi connectivity index (χ2n) is 3.99. The molecule has 2 N–H and O–H groups in total. The van der Waals surface area contributed by atoms with E-state index in [1.54, 1.807) is 24.3 Å². The van der Waals surface area contributed by atoms with Crippen LogP contribution in [0.1, 0.15) is 13.3 Å². The van der Waals surface area contributed by atoms with Gasteiger partial charge in [0.15, 0.2) is 0 Å². The molecule has 0 bridgehead atoms. The molecule has 2 atom stereocenters. The highest BCUT2D eigenvalue weighted by molar-refractivity contribution is 7.86. The Balaban J connectivity index is 2.51. The van der Waals surface area contributed by atoms with Crippen LogP contribution in [0.15, 0.2) is 24.3 Å². The van der Waals surface area contributed by atoms with Crippen LogP contribution in [-0.4, -0.2) is 32.2 Å². The molecular formula is C12H14ClNO4S. The maximum Gasteiger partial charge on any atom is 0.304 e. The molecule has 0 aromatic heterocycles. The fourth-order valence-corrected chi connectivity index (χ4v) is 2.51. The summed E-state index contributed by atoms with van der Waals surface area (Å²) in [5.41, 5.74) is 0.514. The number of carbonyl (C=O) groups is 2. The number of nitrogens with one attached hydrogen (secondary N) is 1. The Morgan fingerprint density at radius 1 is 1.47 bits per heavy atom. The quantitative estimate of drug-likeness (QED) is 0.840. The number of aliphatic carboxylic acids is 1. The van der Waals surface area contributed by atoms with Crippen molar-refractivity contribution in [2.24, 2.45) is 0 Å². The molecule has 1 rings (SSSR count). The molecule has 0 saturated heterocycles. The minimum absolute atomic E-state index is 0.225. The van der Waals surface area contributed by atoms with Gasteiger partial charge < -0.3 is 10.4 Å². The van der Waals surface area contributed by atoms with Crippen LogP contribution in [0.4, 0.5) is 5.69 Å². The van der Waals surface area contributed by atoms with Crippen molar-refractivity contribution in [2.45, 2.75) is 18.6 Å². The highest BCUT2D eigenvalue weighted by Gasteiger charge is 2.18. The standard InChI is InChI=1S/C12H14ClNO4S/c1-8(5-12(16)17)19(18)7-11(15)14-10-4-2-3-9(13)6-10/h2-4,6,8H,5,7H2,1H3,(H,14,15)(H,16,17). The van der Waals surface area contributed by atoms with Gasteiger partial charge in [-0.05, 0) is 18.2 Å². The predicted octanol–water partition coefficient (Wildman–Crippen LogP) is 1.89. The number of rotatable bonds is 6. The first-order valence-electron chi connectivity index (χ1n) is 5.53. The molecule has 1 aromatic carbocycles. The third kappa shape index (κ3) is 5.85. The van der Waals surface area contributed by atoms with Gasteiger partial charge in [0.05, 0.1) is 6.42 Å². The average molecular weight is 304 g/mol. The van der Waals surface area contributed by atoms with E-state index >= 15 is 0 Å². The van der Waals surface area contributed by atoms with Gasteiger partial charge in [0.2, 0.25) is 5.91 Å². The topological polar surface area (TPSA) is 83.5 Å². The number of carboxylic acids is 1. The lowest BCUT2D eigenvalue weighted by Crippen LogP contribution is -2.26. The van der Waals surface area contributed by atoms with Crippen molar-refractivity contribution in [3.05, 3.63) is 29.3 Å². The van der Waals surface area contributed by atoms with Gasteiger partial charge in [-0.25, -0.2) is 0 Å². The third-order valence-corrected chi connectivity index (χ3v) is 4.14. The summed E-state index contributed by atoms with van der Waals surface area (Å²) in [6, 6.07) is 6.59. The molecule has 0 aliphatic heterocycles. The first kappa shape index (κ1) is 15.7. The van der Waals surface area contributed by atoms with E-state index < -0.39 is 27.9 Å². The van der Waals surface area contributed by atoms with Gasteiger partial charge in [-0.3, -0.25) is 13.8 Å². The Morgan fingerprint density at radius 2 is 2.16 bits per heavy atom. The van der Waals surface area contributed by atoms with E-state index in [2.05, 4.69) is 5.32 Å². The molecule has 0 aliphatic carbocycles. The molecule has 0 radical (unpaired) electrons. The van der Waals surface area contributed by atoms with E-state index in [0.29, 0.717) is 10.7 Å². The minimum atomic E-state index is -1.52. The average Bonchev–Trinajstić information content (AvgIpc) is 2.27. The molecule has 19 heavy (non-hydrogen) atoms. The summed E-state index contributed by atoms with van der Waals surface area (Å²) in [5, 5.41) is 11.1. The summed E-state index contributed by atoms with van der Waals surface area (Å²) in [5.74, 6) is -1.70. The van der Waals surface area contributed by atoms with Crippen molar-refractivity contribution in [3.63, 3.8) is 0 Å². The molecule has 2 unspecified atom stereocenters. The SMILES string of the molecule is CC(CC(=O)O)S(=O)CC(=O)Nc1cccc(Cl)c1. The van der Waals surface area contributed by atoms with Gasteiger partial charge in [0.25, 0.3) is 0 Å². The summed E-state index contributed by atoms with van der Waals surface area (Å²) in [7, 11) is -1.52. The van der Waals surface area contributed by atoms with Crippen molar-refractivity contribution in [1.29, 1.82) is 0 Å². The number of carbonyl (C=O) groups excluding carboxylic acids is 1. The lowest BCUT2D eigenvalue weighted by molar-refractivity contribution is -0.136. The fraction of sp³-hybridized carbons (Fsp3) is 0.333. The van der Waals surface area contributed by atoms with Crippen molar-refractivity contribution < 1.29 is 18.9 Å². The van der Waals surface area contributed by atoms with E-state index in [4.69, 9.17) is 16.7 Å². The maximum atomic E-state index is 11.7. The van der Waals surface area contributed by atoms with Crippen LogP contribution in [0, 0.1) is 0 Å². The first-order chi connectivity index (χ1) is 8.88. The van der Waals surface area contributed by atoms with Gasteiger partial charge in [-0.1, -0.05) is 24.6 Å². The zero-order valence-corrected chi connectivity index (χ0v) is 11.8.